The normalized spacial score (nSPS) is 15.6. The average Bonchev–Trinajstić information content (AvgIpc) is 2.58. The van der Waals surface area contributed by atoms with Crippen LogP contribution in [-0.4, -0.2) is 17.1 Å². The van der Waals surface area contributed by atoms with Crippen LogP contribution >= 0.6 is 11.6 Å². The van der Waals surface area contributed by atoms with Crippen LogP contribution in [0.5, 0.6) is 0 Å². The number of nitrogens with one attached hydrogen (secondary N) is 1. The maximum Gasteiger partial charge on any atom is 0.417 e. The predicted octanol–water partition coefficient (Wildman–Crippen LogP) is 5.63. The first-order valence-corrected chi connectivity index (χ1v) is 8.93. The maximum atomic E-state index is 13.5. The van der Waals surface area contributed by atoms with Crippen molar-refractivity contribution in [2.24, 2.45) is 0 Å². The van der Waals surface area contributed by atoms with Crippen molar-refractivity contribution in [1.82, 2.24) is 10.3 Å². The number of hydrogen-bond donors (Lipinski definition) is 1. The molecule has 3 rings (SSSR count). The molecule has 1 aliphatic carbocycles. The molecule has 0 bridgehead atoms. The molecule has 1 aliphatic rings. The van der Waals surface area contributed by atoms with E-state index in [0.717, 1.165) is 12.5 Å². The van der Waals surface area contributed by atoms with E-state index < -0.39 is 23.1 Å². The van der Waals surface area contributed by atoms with Crippen molar-refractivity contribution in [3.05, 3.63) is 59.0 Å². The summed E-state index contributed by atoms with van der Waals surface area (Å²) in [4.78, 5) is 15.7. The quantitative estimate of drug-likeness (QED) is 0.661. The Morgan fingerprint density at radius 2 is 1.93 bits per heavy atom. The minimum atomic E-state index is -4.66. The number of nitrogens with zero attached hydrogens (tertiary/aromatic N) is 1. The third kappa shape index (κ3) is 3.90. The number of amides is 1. The van der Waals surface area contributed by atoms with Crippen LogP contribution in [0.25, 0.3) is 16.8 Å². The summed E-state index contributed by atoms with van der Waals surface area (Å²) in [5.74, 6) is -0.922. The number of aromatic nitrogens is 1. The topological polar surface area (TPSA) is 42.0 Å². The first kappa shape index (κ1) is 20.3. The second-order valence-electron chi connectivity index (χ2n) is 6.85. The zero-order valence-corrected chi connectivity index (χ0v) is 15.7. The molecule has 2 aromatic rings. The molecule has 0 aliphatic heterocycles. The molecule has 148 valence electrons. The van der Waals surface area contributed by atoms with E-state index in [1.54, 1.807) is 6.07 Å². The molecule has 1 heterocycles. The monoisotopic (exact) mass is 412 g/mol. The van der Waals surface area contributed by atoms with Gasteiger partial charge in [0.2, 0.25) is 5.91 Å². The molecule has 0 saturated heterocycles. The number of rotatable bonds is 4. The maximum absolute atomic E-state index is 13.5. The van der Waals surface area contributed by atoms with E-state index in [0.29, 0.717) is 24.0 Å². The average molecular weight is 413 g/mol. The van der Waals surface area contributed by atoms with Gasteiger partial charge in [-0.25, -0.2) is 9.37 Å². The fourth-order valence-electron chi connectivity index (χ4n) is 3.26. The van der Waals surface area contributed by atoms with Crippen molar-refractivity contribution in [3.8, 4) is 11.3 Å². The van der Waals surface area contributed by atoms with E-state index in [-0.39, 0.29) is 22.3 Å². The Bertz CT molecular complexity index is 952. The van der Waals surface area contributed by atoms with Gasteiger partial charge >= 0.3 is 6.18 Å². The molecular formula is C20H17ClF4N2O. The smallest absolute Gasteiger partial charge is 0.347 e. The second-order valence-corrected chi connectivity index (χ2v) is 7.26. The highest BCUT2D eigenvalue weighted by atomic mass is 35.5. The fourth-order valence-corrected chi connectivity index (χ4v) is 3.44. The summed E-state index contributed by atoms with van der Waals surface area (Å²) in [6, 6.07) is 6.72. The van der Waals surface area contributed by atoms with E-state index in [2.05, 4.69) is 16.9 Å². The van der Waals surface area contributed by atoms with Gasteiger partial charge in [-0.2, -0.15) is 13.2 Å². The zero-order valence-electron chi connectivity index (χ0n) is 15.0. The van der Waals surface area contributed by atoms with Crippen LogP contribution < -0.4 is 5.32 Å². The molecular weight excluding hydrogens is 396 g/mol. The first-order valence-electron chi connectivity index (χ1n) is 8.55. The van der Waals surface area contributed by atoms with Crippen molar-refractivity contribution in [2.45, 2.75) is 37.9 Å². The molecule has 1 amide bonds. The molecule has 1 fully saturated rings. The van der Waals surface area contributed by atoms with Gasteiger partial charge in [0.25, 0.3) is 0 Å². The molecule has 0 spiro atoms. The summed E-state index contributed by atoms with van der Waals surface area (Å²) >= 11 is 5.82. The molecule has 0 atom stereocenters. The fraction of sp³-hybridized carbons (Fsp3) is 0.300. The van der Waals surface area contributed by atoms with Crippen molar-refractivity contribution < 1.29 is 22.4 Å². The lowest BCUT2D eigenvalue weighted by Gasteiger charge is -2.43. The Kier molecular flexibility index (Phi) is 5.23. The van der Waals surface area contributed by atoms with E-state index in [4.69, 9.17) is 11.6 Å². The highest BCUT2D eigenvalue weighted by Crippen LogP contribution is 2.44. The highest BCUT2D eigenvalue weighted by molar-refractivity contribution is 6.31. The van der Waals surface area contributed by atoms with Gasteiger partial charge < -0.3 is 5.32 Å². The molecule has 1 saturated carbocycles. The van der Waals surface area contributed by atoms with Crippen LogP contribution in [0.3, 0.4) is 0 Å². The molecule has 0 radical (unpaired) electrons. The largest absolute Gasteiger partial charge is 0.417 e. The summed E-state index contributed by atoms with van der Waals surface area (Å²) in [6.07, 6.45) is -2.64. The molecule has 8 heteroatoms. The van der Waals surface area contributed by atoms with E-state index >= 15 is 0 Å². The summed E-state index contributed by atoms with van der Waals surface area (Å²) < 4.78 is 53.2. The molecule has 3 nitrogen and oxygen atoms in total. The number of halogens is 5. The van der Waals surface area contributed by atoms with E-state index in [9.17, 15) is 22.4 Å². The van der Waals surface area contributed by atoms with Crippen LogP contribution in [0.15, 0.2) is 36.9 Å². The van der Waals surface area contributed by atoms with Crippen LogP contribution in [-0.2, 0) is 10.3 Å². The summed E-state index contributed by atoms with van der Waals surface area (Å²) in [7, 11) is 0. The van der Waals surface area contributed by atoms with Crippen LogP contribution in [0.4, 0.5) is 17.6 Å². The number of alkyl halides is 3. The van der Waals surface area contributed by atoms with Crippen LogP contribution in [0.2, 0.25) is 5.02 Å². The van der Waals surface area contributed by atoms with Gasteiger partial charge in [0.1, 0.15) is 5.82 Å². The van der Waals surface area contributed by atoms with Crippen LogP contribution in [0, 0.1) is 5.82 Å². The van der Waals surface area contributed by atoms with Gasteiger partial charge in [-0.15, -0.1) is 0 Å². The molecule has 28 heavy (non-hydrogen) atoms. The predicted molar refractivity (Wildman–Crippen MR) is 99.1 cm³/mol. The minimum absolute atomic E-state index is 0.166. The molecule has 1 aromatic heterocycles. The number of carbonyl (C=O) groups excluding carboxylic acids is 1. The molecule has 1 N–H and O–H groups in total. The SMILES string of the molecule is C=C(c1cc(C2(NC(C)=O)CCC2)cc(-c2ccc(F)c(Cl)c2)n1)C(F)(F)F. The lowest BCUT2D eigenvalue weighted by molar-refractivity contribution is -0.122. The van der Waals surface area contributed by atoms with Crippen molar-refractivity contribution >= 4 is 23.1 Å². The van der Waals surface area contributed by atoms with Gasteiger partial charge in [0, 0.05) is 12.5 Å². The number of benzene rings is 1. The highest BCUT2D eigenvalue weighted by Gasteiger charge is 2.41. The number of pyridine rings is 1. The molecule has 1 aromatic carbocycles. The Balaban J connectivity index is 2.18. The van der Waals surface area contributed by atoms with Gasteiger partial charge in [-0.05, 0) is 55.2 Å². The number of allylic oxidation sites excluding steroid dienone is 1. The third-order valence-electron chi connectivity index (χ3n) is 4.87. The Labute approximate surface area is 164 Å². The summed E-state index contributed by atoms with van der Waals surface area (Å²) in [6.45, 7) is 4.49. The standard InChI is InChI=1S/C20H17ClF4N2O/c1-11(20(23,24)25)17-9-14(19(6-3-7-19)27-12(2)28)10-18(26-17)13-4-5-16(22)15(21)8-13/h4-5,8-10H,1,3,6-7H2,2H3,(H,27,28). The van der Waals surface area contributed by atoms with Crippen molar-refractivity contribution in [1.29, 1.82) is 0 Å². The van der Waals surface area contributed by atoms with Gasteiger partial charge in [0.15, 0.2) is 0 Å². The van der Waals surface area contributed by atoms with Crippen molar-refractivity contribution in [2.75, 3.05) is 0 Å². The third-order valence-corrected chi connectivity index (χ3v) is 5.16. The molecule has 0 unspecified atom stereocenters. The van der Waals surface area contributed by atoms with Crippen LogP contribution in [0.1, 0.15) is 37.4 Å². The lowest BCUT2D eigenvalue weighted by atomic mass is 9.71. The first-order chi connectivity index (χ1) is 13.0. The Hall–Kier alpha value is -2.41. The van der Waals surface area contributed by atoms with Crippen molar-refractivity contribution in [3.63, 3.8) is 0 Å². The minimum Gasteiger partial charge on any atom is -0.347 e. The summed E-state index contributed by atoms with van der Waals surface area (Å²) in [5.41, 5.74) is -1.15. The Morgan fingerprint density at radius 3 is 2.43 bits per heavy atom. The number of hydrogen-bond acceptors (Lipinski definition) is 2. The van der Waals surface area contributed by atoms with Gasteiger partial charge in [-0.3, -0.25) is 4.79 Å². The van der Waals surface area contributed by atoms with Gasteiger partial charge in [0.05, 0.1) is 27.5 Å². The summed E-state index contributed by atoms with van der Waals surface area (Å²) in [5, 5.41) is 2.68. The van der Waals surface area contributed by atoms with E-state index in [1.165, 1.54) is 25.1 Å². The van der Waals surface area contributed by atoms with Gasteiger partial charge in [-0.1, -0.05) is 18.2 Å². The number of carbonyl (C=O) groups is 1. The zero-order chi connectivity index (χ0) is 20.7. The van der Waals surface area contributed by atoms with E-state index in [1.807, 2.05) is 0 Å². The second kappa shape index (κ2) is 7.20. The Morgan fingerprint density at radius 1 is 1.25 bits per heavy atom. The lowest BCUT2D eigenvalue weighted by Crippen LogP contribution is -2.50.